The normalized spacial score (nSPS) is 31.5. The summed E-state index contributed by atoms with van der Waals surface area (Å²) in [6.45, 7) is 10.7. The summed E-state index contributed by atoms with van der Waals surface area (Å²) >= 11 is 0. The van der Waals surface area contributed by atoms with Gasteiger partial charge in [0.25, 0.3) is 0 Å². The third kappa shape index (κ3) is 3.01. The number of carbonyl (C=O) groups is 1. The quantitative estimate of drug-likeness (QED) is 0.794. The number of fused-ring (bicyclic) bond motifs is 1. The number of benzene rings is 1. The summed E-state index contributed by atoms with van der Waals surface area (Å²) in [6, 6.07) is 9.84. The minimum absolute atomic E-state index is 0.0189. The molecule has 4 rings (SSSR count). The van der Waals surface area contributed by atoms with Crippen LogP contribution in [-0.4, -0.2) is 60.8 Å². The molecule has 2 atom stereocenters. The maximum absolute atomic E-state index is 13.3. The largest absolute Gasteiger partial charge is 0.336 e. The smallest absolute Gasteiger partial charge is 0.227 e. The molecule has 2 saturated heterocycles. The van der Waals surface area contributed by atoms with Gasteiger partial charge in [-0.05, 0) is 16.4 Å². The molecule has 2 aliphatic heterocycles. The third-order valence-corrected chi connectivity index (χ3v) is 9.27. The zero-order chi connectivity index (χ0) is 19.6. The summed E-state index contributed by atoms with van der Waals surface area (Å²) in [6.07, 6.45) is 0. The lowest BCUT2D eigenvalue weighted by Gasteiger charge is -2.44. The lowest BCUT2D eigenvalue weighted by Crippen LogP contribution is -2.60. The van der Waals surface area contributed by atoms with Gasteiger partial charge in [0.2, 0.25) is 5.91 Å². The van der Waals surface area contributed by atoms with Gasteiger partial charge in [-0.3, -0.25) is 9.69 Å². The second-order valence-corrected chi connectivity index (χ2v) is 11.7. The van der Waals surface area contributed by atoms with Gasteiger partial charge in [0.05, 0.1) is 17.5 Å². The van der Waals surface area contributed by atoms with Gasteiger partial charge >= 0.3 is 0 Å². The minimum atomic E-state index is -3.12. The SMILES string of the molecule is CC1(C)C(C(=O)N2CCN(Cc3ccccc3)[C@@H]3CS(=O)(=O)C[C@@H]32)C1(C)C. The van der Waals surface area contributed by atoms with Crippen LogP contribution >= 0.6 is 0 Å². The molecule has 3 aliphatic rings. The van der Waals surface area contributed by atoms with E-state index in [0.717, 1.165) is 13.1 Å². The van der Waals surface area contributed by atoms with E-state index in [1.807, 2.05) is 23.1 Å². The van der Waals surface area contributed by atoms with Crippen LogP contribution in [-0.2, 0) is 21.2 Å². The van der Waals surface area contributed by atoms with Gasteiger partial charge in [0, 0.05) is 31.6 Å². The first-order valence-corrected chi connectivity index (χ1v) is 11.7. The Bertz CT molecular complexity index is 833. The summed E-state index contributed by atoms with van der Waals surface area (Å²) < 4.78 is 24.9. The second kappa shape index (κ2) is 6.05. The summed E-state index contributed by atoms with van der Waals surface area (Å²) in [5.41, 5.74) is 1.13. The monoisotopic (exact) mass is 390 g/mol. The van der Waals surface area contributed by atoms with Crippen LogP contribution < -0.4 is 0 Å². The highest BCUT2D eigenvalue weighted by atomic mass is 32.2. The standard InChI is InChI=1S/C21H30N2O3S/c1-20(2)18(21(20,3)4)19(24)23-11-10-22(12-15-8-6-5-7-9-15)16-13-27(25,26)14-17(16)23/h5-9,16-18H,10-14H2,1-4H3/t16-,17+/m1/s1. The first-order chi connectivity index (χ1) is 12.5. The fourth-order valence-corrected chi connectivity index (χ4v) is 7.30. The van der Waals surface area contributed by atoms with Gasteiger partial charge in [-0.2, -0.15) is 0 Å². The summed E-state index contributed by atoms with van der Waals surface area (Å²) in [5, 5.41) is 0. The van der Waals surface area contributed by atoms with E-state index in [1.54, 1.807) is 0 Å². The van der Waals surface area contributed by atoms with Gasteiger partial charge in [0.15, 0.2) is 9.84 Å². The number of hydrogen-bond acceptors (Lipinski definition) is 4. The fraction of sp³-hybridized carbons (Fsp3) is 0.667. The van der Waals surface area contributed by atoms with Crippen LogP contribution in [0.25, 0.3) is 0 Å². The molecule has 0 unspecified atom stereocenters. The molecule has 27 heavy (non-hydrogen) atoms. The Morgan fingerprint density at radius 3 is 2.19 bits per heavy atom. The second-order valence-electron chi connectivity index (χ2n) is 9.58. The predicted molar refractivity (Wildman–Crippen MR) is 106 cm³/mol. The van der Waals surface area contributed by atoms with Crippen molar-refractivity contribution in [1.82, 2.24) is 9.80 Å². The summed E-state index contributed by atoms with van der Waals surface area (Å²) in [4.78, 5) is 17.5. The van der Waals surface area contributed by atoms with Crippen LogP contribution in [0.2, 0.25) is 0 Å². The molecule has 1 saturated carbocycles. The highest BCUT2D eigenvalue weighted by molar-refractivity contribution is 7.91. The average Bonchev–Trinajstić information content (AvgIpc) is 2.84. The highest BCUT2D eigenvalue weighted by Crippen LogP contribution is 2.69. The molecule has 6 heteroatoms. The molecule has 0 spiro atoms. The Morgan fingerprint density at radius 1 is 1.00 bits per heavy atom. The number of hydrogen-bond donors (Lipinski definition) is 0. The molecule has 0 bridgehead atoms. The molecule has 1 aromatic rings. The van der Waals surface area contributed by atoms with E-state index >= 15 is 0 Å². The molecule has 148 valence electrons. The summed E-state index contributed by atoms with van der Waals surface area (Å²) in [5.74, 6) is 0.389. The number of amides is 1. The van der Waals surface area contributed by atoms with Gasteiger partial charge in [0.1, 0.15) is 0 Å². The van der Waals surface area contributed by atoms with Gasteiger partial charge in [-0.15, -0.1) is 0 Å². The molecule has 0 radical (unpaired) electrons. The van der Waals surface area contributed by atoms with Crippen LogP contribution in [0.4, 0.5) is 0 Å². The molecule has 0 N–H and O–H groups in total. The maximum Gasteiger partial charge on any atom is 0.227 e. The topological polar surface area (TPSA) is 57.7 Å². The Kier molecular flexibility index (Phi) is 4.24. The van der Waals surface area contributed by atoms with Crippen molar-refractivity contribution in [3.05, 3.63) is 35.9 Å². The van der Waals surface area contributed by atoms with Crippen molar-refractivity contribution in [3.8, 4) is 0 Å². The number of rotatable bonds is 3. The van der Waals surface area contributed by atoms with Crippen LogP contribution in [0, 0.1) is 16.7 Å². The maximum atomic E-state index is 13.3. The number of carbonyl (C=O) groups excluding carboxylic acids is 1. The molecule has 1 amide bonds. The predicted octanol–water partition coefficient (Wildman–Crippen LogP) is 2.18. The summed E-state index contributed by atoms with van der Waals surface area (Å²) in [7, 11) is -3.12. The van der Waals surface area contributed by atoms with Crippen LogP contribution in [0.3, 0.4) is 0 Å². The van der Waals surface area contributed by atoms with E-state index in [9.17, 15) is 13.2 Å². The highest BCUT2D eigenvalue weighted by Gasteiger charge is 2.69. The lowest BCUT2D eigenvalue weighted by molar-refractivity contribution is -0.139. The molecule has 2 heterocycles. The molecule has 0 aromatic heterocycles. The molecule has 5 nitrogen and oxygen atoms in total. The first kappa shape index (κ1) is 18.9. The zero-order valence-electron chi connectivity index (χ0n) is 16.7. The average molecular weight is 391 g/mol. The minimum Gasteiger partial charge on any atom is -0.336 e. The zero-order valence-corrected chi connectivity index (χ0v) is 17.5. The van der Waals surface area contributed by atoms with E-state index in [4.69, 9.17) is 0 Å². The van der Waals surface area contributed by atoms with Crippen molar-refractivity contribution in [2.24, 2.45) is 16.7 Å². The van der Waals surface area contributed by atoms with Crippen molar-refractivity contribution in [3.63, 3.8) is 0 Å². The van der Waals surface area contributed by atoms with Crippen molar-refractivity contribution in [1.29, 1.82) is 0 Å². The molecular weight excluding hydrogens is 360 g/mol. The Labute approximate surface area is 162 Å². The molecular formula is C21H30N2O3S. The Hall–Kier alpha value is -1.40. The van der Waals surface area contributed by atoms with Gasteiger partial charge in [-0.1, -0.05) is 58.0 Å². The molecule has 3 fully saturated rings. The van der Waals surface area contributed by atoms with Crippen molar-refractivity contribution < 1.29 is 13.2 Å². The molecule has 1 aromatic carbocycles. The van der Waals surface area contributed by atoms with Gasteiger partial charge in [-0.25, -0.2) is 8.42 Å². The molecule has 1 aliphatic carbocycles. The van der Waals surface area contributed by atoms with Gasteiger partial charge < -0.3 is 4.90 Å². The van der Waals surface area contributed by atoms with E-state index in [0.29, 0.717) is 6.54 Å². The third-order valence-electron chi connectivity index (χ3n) is 7.57. The van der Waals surface area contributed by atoms with Crippen molar-refractivity contribution in [2.75, 3.05) is 24.6 Å². The lowest BCUT2D eigenvalue weighted by atomic mass is 10.0. The Balaban J connectivity index is 1.57. The van der Waals surface area contributed by atoms with Crippen LogP contribution in [0.1, 0.15) is 33.3 Å². The number of sulfone groups is 1. The van der Waals surface area contributed by atoms with Crippen molar-refractivity contribution in [2.45, 2.75) is 46.3 Å². The van der Waals surface area contributed by atoms with Crippen LogP contribution in [0.15, 0.2) is 30.3 Å². The fourth-order valence-electron chi connectivity index (χ4n) is 5.29. The number of nitrogens with zero attached hydrogens (tertiary/aromatic N) is 2. The van der Waals surface area contributed by atoms with E-state index in [2.05, 4.69) is 44.7 Å². The first-order valence-electron chi connectivity index (χ1n) is 9.83. The number of piperazine rings is 1. The Morgan fingerprint density at radius 2 is 1.59 bits per heavy atom. The van der Waals surface area contributed by atoms with E-state index in [-0.39, 0.29) is 46.2 Å². The van der Waals surface area contributed by atoms with E-state index in [1.165, 1.54) is 5.56 Å². The van der Waals surface area contributed by atoms with E-state index < -0.39 is 9.84 Å². The van der Waals surface area contributed by atoms with Crippen molar-refractivity contribution >= 4 is 15.7 Å². The van der Waals surface area contributed by atoms with Crippen LogP contribution in [0.5, 0.6) is 0 Å².